The van der Waals surface area contributed by atoms with Gasteiger partial charge < -0.3 is 10.6 Å². The van der Waals surface area contributed by atoms with Crippen LogP contribution >= 0.6 is 0 Å². The lowest BCUT2D eigenvalue weighted by atomic mass is 10.1. The lowest BCUT2D eigenvalue weighted by Crippen LogP contribution is -2.63. The van der Waals surface area contributed by atoms with Gasteiger partial charge in [-0.3, -0.25) is 9.59 Å². The molecular formula is C19H16F3N3O2. The zero-order valence-corrected chi connectivity index (χ0v) is 14.1. The molecule has 27 heavy (non-hydrogen) atoms. The molecule has 1 heterocycles. The van der Waals surface area contributed by atoms with E-state index in [1.807, 2.05) is 0 Å². The lowest BCUT2D eigenvalue weighted by molar-refractivity contribution is -0.197. The lowest BCUT2D eigenvalue weighted by Gasteiger charge is -2.27. The molecule has 1 aliphatic heterocycles. The third kappa shape index (κ3) is 3.84. The maximum Gasteiger partial charge on any atom is 0.442 e. The number of amides is 2. The Hall–Kier alpha value is -3.16. The minimum absolute atomic E-state index is 0.203. The third-order valence-electron chi connectivity index (χ3n) is 4.10. The molecule has 1 atom stereocenters. The first-order valence-electron chi connectivity index (χ1n) is 8.20. The molecule has 1 aliphatic rings. The number of amidine groups is 1. The molecule has 0 bridgehead atoms. The normalized spacial score (nSPS) is 19.4. The number of hydrogen-bond donors (Lipinski definition) is 2. The highest BCUT2D eigenvalue weighted by atomic mass is 19.4. The summed E-state index contributed by atoms with van der Waals surface area (Å²) in [7, 11) is 0. The van der Waals surface area contributed by atoms with E-state index in [1.54, 1.807) is 53.8 Å². The maximum absolute atomic E-state index is 13.7. The smallest absolute Gasteiger partial charge is 0.316 e. The van der Waals surface area contributed by atoms with E-state index in [-0.39, 0.29) is 18.7 Å². The Balaban J connectivity index is 1.82. The van der Waals surface area contributed by atoms with E-state index in [0.29, 0.717) is 5.56 Å². The average Bonchev–Trinajstić information content (AvgIpc) is 2.99. The van der Waals surface area contributed by atoms with Crippen LogP contribution in [0.15, 0.2) is 65.7 Å². The van der Waals surface area contributed by atoms with Gasteiger partial charge >= 0.3 is 11.8 Å². The molecule has 0 fully saturated rings. The summed E-state index contributed by atoms with van der Waals surface area (Å²) >= 11 is 0. The van der Waals surface area contributed by atoms with Gasteiger partial charge in [0.15, 0.2) is 0 Å². The predicted octanol–water partition coefficient (Wildman–Crippen LogP) is 2.57. The second-order valence-corrected chi connectivity index (χ2v) is 6.02. The number of benzene rings is 2. The number of alkyl halides is 3. The van der Waals surface area contributed by atoms with Crippen LogP contribution < -0.4 is 10.6 Å². The van der Waals surface area contributed by atoms with E-state index in [2.05, 4.69) is 10.3 Å². The standard InChI is InChI=1S/C19H16F3N3O2/c20-19(21,22)18(24-15(26)12-11-13-7-3-1-4-8-13)17(27)23-16(25-18)14-9-5-2-6-10-14/h1-10H,11-12H2,(H,24,26)(H,23,25,27). The van der Waals surface area contributed by atoms with Crippen LogP contribution in [-0.4, -0.2) is 29.5 Å². The monoisotopic (exact) mass is 375 g/mol. The van der Waals surface area contributed by atoms with Crippen molar-refractivity contribution in [2.45, 2.75) is 24.7 Å². The molecule has 3 rings (SSSR count). The van der Waals surface area contributed by atoms with Gasteiger partial charge in [0, 0.05) is 12.0 Å². The molecule has 2 aromatic rings. The molecule has 2 amide bonds. The summed E-state index contributed by atoms with van der Waals surface area (Å²) in [5.74, 6) is -2.58. The maximum atomic E-state index is 13.7. The van der Waals surface area contributed by atoms with Gasteiger partial charge in [-0.2, -0.15) is 13.2 Å². The van der Waals surface area contributed by atoms with Crippen LogP contribution in [0, 0.1) is 0 Å². The van der Waals surface area contributed by atoms with Crippen molar-refractivity contribution in [2.24, 2.45) is 4.99 Å². The number of aryl methyl sites for hydroxylation is 1. The number of aliphatic imine (C=N–C) groups is 1. The summed E-state index contributed by atoms with van der Waals surface area (Å²) in [5.41, 5.74) is -2.21. The zero-order chi connectivity index (χ0) is 19.5. The number of carbonyl (C=O) groups is 2. The van der Waals surface area contributed by atoms with Gasteiger partial charge in [0.05, 0.1) is 0 Å². The van der Waals surface area contributed by atoms with Crippen molar-refractivity contribution in [1.82, 2.24) is 10.6 Å². The number of nitrogens with zero attached hydrogens (tertiary/aromatic N) is 1. The highest BCUT2D eigenvalue weighted by Crippen LogP contribution is 2.35. The molecule has 5 nitrogen and oxygen atoms in total. The highest BCUT2D eigenvalue weighted by molar-refractivity contribution is 6.16. The van der Waals surface area contributed by atoms with E-state index >= 15 is 0 Å². The number of hydrogen-bond acceptors (Lipinski definition) is 3. The minimum Gasteiger partial charge on any atom is -0.316 e. The Morgan fingerprint density at radius 1 is 1.04 bits per heavy atom. The van der Waals surface area contributed by atoms with Crippen molar-refractivity contribution < 1.29 is 22.8 Å². The largest absolute Gasteiger partial charge is 0.442 e. The van der Waals surface area contributed by atoms with Crippen LogP contribution in [0.5, 0.6) is 0 Å². The summed E-state index contributed by atoms with van der Waals surface area (Å²) in [5, 5.41) is 3.91. The van der Waals surface area contributed by atoms with Gasteiger partial charge in [-0.05, 0) is 12.0 Å². The fourth-order valence-electron chi connectivity index (χ4n) is 2.69. The Bertz CT molecular complexity index is 867. The van der Waals surface area contributed by atoms with Crippen LogP contribution in [0.4, 0.5) is 13.2 Å². The van der Waals surface area contributed by atoms with Gasteiger partial charge in [0.25, 0.3) is 5.91 Å². The first-order valence-corrected chi connectivity index (χ1v) is 8.20. The predicted molar refractivity (Wildman–Crippen MR) is 92.8 cm³/mol. The zero-order valence-electron chi connectivity index (χ0n) is 14.1. The van der Waals surface area contributed by atoms with Crippen LogP contribution in [0.25, 0.3) is 0 Å². The molecule has 0 aromatic heterocycles. The minimum atomic E-state index is -5.09. The van der Waals surface area contributed by atoms with Crippen LogP contribution in [0.1, 0.15) is 17.5 Å². The number of halogens is 3. The molecule has 0 saturated heterocycles. The molecule has 0 spiro atoms. The quantitative estimate of drug-likeness (QED) is 0.843. The molecule has 2 aromatic carbocycles. The summed E-state index contributed by atoms with van der Waals surface area (Å²) in [6.45, 7) is 0. The first kappa shape index (κ1) is 18.6. The molecule has 0 radical (unpaired) electrons. The van der Waals surface area contributed by atoms with Crippen molar-refractivity contribution in [3.8, 4) is 0 Å². The number of nitrogens with one attached hydrogen (secondary N) is 2. The van der Waals surface area contributed by atoms with Crippen LogP contribution in [-0.2, 0) is 16.0 Å². The van der Waals surface area contributed by atoms with Crippen molar-refractivity contribution in [1.29, 1.82) is 0 Å². The van der Waals surface area contributed by atoms with Gasteiger partial charge in [0.2, 0.25) is 5.91 Å². The topological polar surface area (TPSA) is 70.6 Å². The fourth-order valence-corrected chi connectivity index (χ4v) is 2.69. The van der Waals surface area contributed by atoms with Crippen molar-refractivity contribution in [2.75, 3.05) is 0 Å². The average molecular weight is 375 g/mol. The van der Waals surface area contributed by atoms with Crippen molar-refractivity contribution >= 4 is 17.6 Å². The van der Waals surface area contributed by atoms with Crippen LogP contribution in [0.3, 0.4) is 0 Å². The molecule has 1 unspecified atom stereocenters. The van der Waals surface area contributed by atoms with E-state index in [0.717, 1.165) is 5.56 Å². The van der Waals surface area contributed by atoms with E-state index < -0.39 is 23.7 Å². The Labute approximate surface area is 153 Å². The third-order valence-corrected chi connectivity index (χ3v) is 4.10. The molecule has 0 saturated carbocycles. The summed E-state index contributed by atoms with van der Waals surface area (Å²) < 4.78 is 41.1. The van der Waals surface area contributed by atoms with E-state index in [4.69, 9.17) is 0 Å². The van der Waals surface area contributed by atoms with Crippen molar-refractivity contribution in [3.63, 3.8) is 0 Å². The molecule has 0 aliphatic carbocycles. The first-order chi connectivity index (χ1) is 12.8. The summed E-state index contributed by atoms with van der Waals surface area (Å²) in [6.07, 6.45) is -5.04. The second kappa shape index (κ2) is 7.22. The number of carbonyl (C=O) groups excluding carboxylic acids is 2. The molecular weight excluding hydrogens is 359 g/mol. The SMILES string of the molecule is O=C(CCc1ccccc1)NC1(C(F)(F)F)N=C(c2ccccc2)NC1=O. The Morgan fingerprint density at radius 3 is 2.22 bits per heavy atom. The van der Waals surface area contributed by atoms with Crippen LogP contribution in [0.2, 0.25) is 0 Å². The molecule has 8 heteroatoms. The van der Waals surface area contributed by atoms with Gasteiger partial charge in [0.1, 0.15) is 5.84 Å². The highest BCUT2D eigenvalue weighted by Gasteiger charge is 2.65. The van der Waals surface area contributed by atoms with E-state index in [9.17, 15) is 22.8 Å². The van der Waals surface area contributed by atoms with Gasteiger partial charge in [-0.15, -0.1) is 0 Å². The molecule has 2 N–H and O–H groups in total. The van der Waals surface area contributed by atoms with E-state index in [1.165, 1.54) is 12.1 Å². The fraction of sp³-hybridized carbons (Fsp3) is 0.211. The summed E-state index contributed by atoms with van der Waals surface area (Å²) in [4.78, 5) is 27.9. The van der Waals surface area contributed by atoms with Crippen molar-refractivity contribution in [3.05, 3.63) is 71.8 Å². The van der Waals surface area contributed by atoms with Gasteiger partial charge in [-0.1, -0.05) is 60.7 Å². The molecule has 140 valence electrons. The van der Waals surface area contributed by atoms with Gasteiger partial charge in [-0.25, -0.2) is 4.99 Å². The second-order valence-electron chi connectivity index (χ2n) is 6.02. The number of rotatable bonds is 5. The summed E-state index contributed by atoms with van der Waals surface area (Å²) in [6, 6.07) is 16.8. The Morgan fingerprint density at radius 2 is 1.63 bits per heavy atom. The Kier molecular flexibility index (Phi) is 4.98.